The number of aromatic amines is 1. The molecular weight excluding hydrogens is 334 g/mol. The summed E-state index contributed by atoms with van der Waals surface area (Å²) in [6.45, 7) is 0.553. The molecule has 7 heteroatoms. The van der Waals surface area contributed by atoms with Gasteiger partial charge in [-0.05, 0) is 41.3 Å². The van der Waals surface area contributed by atoms with E-state index in [1.165, 1.54) is 6.20 Å². The van der Waals surface area contributed by atoms with Gasteiger partial charge in [-0.2, -0.15) is 0 Å². The van der Waals surface area contributed by atoms with Crippen molar-refractivity contribution in [1.82, 2.24) is 25.8 Å². The lowest BCUT2D eigenvalue weighted by Gasteiger charge is -2.05. The molecule has 0 saturated carbocycles. The molecule has 0 aromatic carbocycles. The topological polar surface area (TPSA) is 82.7 Å². The maximum absolute atomic E-state index is 12.0. The van der Waals surface area contributed by atoms with Crippen LogP contribution in [-0.4, -0.2) is 20.9 Å². The number of carbonyl (C=O) groups is 1. The lowest BCUT2D eigenvalue weighted by Crippen LogP contribution is -2.36. The quantitative estimate of drug-likeness (QED) is 0.484. The maximum Gasteiger partial charge on any atom is 0.266 e. The van der Waals surface area contributed by atoms with Gasteiger partial charge in [-0.1, -0.05) is 0 Å². The molecule has 124 valence electrons. The molecule has 1 amide bonds. The summed E-state index contributed by atoms with van der Waals surface area (Å²) < 4.78 is 0. The number of H-pyrrole nitrogens is 1. The zero-order valence-electron chi connectivity index (χ0n) is 13.2. The van der Waals surface area contributed by atoms with Crippen molar-refractivity contribution in [3.05, 3.63) is 70.9 Å². The molecule has 25 heavy (non-hydrogen) atoms. The highest BCUT2D eigenvalue weighted by molar-refractivity contribution is 7.10. The molecule has 4 aromatic rings. The smallest absolute Gasteiger partial charge is 0.266 e. The van der Waals surface area contributed by atoms with Gasteiger partial charge in [0.2, 0.25) is 0 Å². The van der Waals surface area contributed by atoms with Gasteiger partial charge < -0.3 is 4.98 Å². The van der Waals surface area contributed by atoms with Gasteiger partial charge in [0.15, 0.2) is 0 Å². The lowest BCUT2D eigenvalue weighted by molar-refractivity contribution is 0.0932. The van der Waals surface area contributed by atoms with Crippen molar-refractivity contribution in [3.63, 3.8) is 0 Å². The molecule has 0 fully saturated rings. The molecule has 0 saturated heterocycles. The Morgan fingerprint density at radius 1 is 1.24 bits per heavy atom. The molecular formula is C18H15N5OS. The molecule has 6 nitrogen and oxygen atoms in total. The molecule has 4 rings (SSSR count). The summed E-state index contributed by atoms with van der Waals surface area (Å²) in [7, 11) is 0. The van der Waals surface area contributed by atoms with E-state index in [0.29, 0.717) is 12.1 Å². The number of nitrogens with one attached hydrogen (secondary N) is 3. The SMILES string of the molecule is O=C(NNCc1cc(-c2c[nH]c3ncccc23)cs1)c1cccnc1. The van der Waals surface area contributed by atoms with E-state index in [1.54, 1.807) is 35.9 Å². The minimum absolute atomic E-state index is 0.201. The van der Waals surface area contributed by atoms with E-state index in [-0.39, 0.29) is 5.91 Å². The van der Waals surface area contributed by atoms with Crippen LogP contribution >= 0.6 is 11.3 Å². The predicted octanol–water partition coefficient (Wildman–Crippen LogP) is 3.12. The van der Waals surface area contributed by atoms with Gasteiger partial charge in [0, 0.05) is 47.2 Å². The molecule has 0 atom stereocenters. The van der Waals surface area contributed by atoms with Crippen molar-refractivity contribution in [2.45, 2.75) is 6.54 Å². The lowest BCUT2D eigenvalue weighted by atomic mass is 10.1. The van der Waals surface area contributed by atoms with Crippen LogP contribution in [0.2, 0.25) is 0 Å². The van der Waals surface area contributed by atoms with Crippen molar-refractivity contribution < 1.29 is 4.79 Å². The van der Waals surface area contributed by atoms with Gasteiger partial charge in [0.25, 0.3) is 5.91 Å². The minimum atomic E-state index is -0.201. The average Bonchev–Trinajstić information content (AvgIpc) is 3.29. The van der Waals surface area contributed by atoms with Crippen molar-refractivity contribution in [2.24, 2.45) is 0 Å². The highest BCUT2D eigenvalue weighted by atomic mass is 32.1. The number of nitrogens with zero attached hydrogens (tertiary/aromatic N) is 2. The summed E-state index contributed by atoms with van der Waals surface area (Å²) in [6, 6.07) is 9.55. The average molecular weight is 349 g/mol. The van der Waals surface area contributed by atoms with Crippen LogP contribution in [0.15, 0.2) is 60.5 Å². The van der Waals surface area contributed by atoms with Gasteiger partial charge in [-0.15, -0.1) is 11.3 Å². The maximum atomic E-state index is 12.0. The molecule has 3 N–H and O–H groups in total. The van der Waals surface area contributed by atoms with Crippen molar-refractivity contribution in [2.75, 3.05) is 0 Å². The first-order chi connectivity index (χ1) is 12.3. The third kappa shape index (κ3) is 3.28. The van der Waals surface area contributed by atoms with E-state index in [0.717, 1.165) is 27.0 Å². The summed E-state index contributed by atoms with van der Waals surface area (Å²) in [5.41, 5.74) is 9.31. The Kier molecular flexibility index (Phi) is 4.24. The highest BCUT2D eigenvalue weighted by Gasteiger charge is 2.09. The first-order valence-corrected chi connectivity index (χ1v) is 8.62. The Balaban J connectivity index is 1.41. The standard InChI is InChI=1S/C18H15N5OS/c24-18(12-3-1-5-19-8-12)23-22-9-14-7-13(11-25-14)16-10-21-17-15(16)4-2-6-20-17/h1-8,10-11,22H,9H2,(H,20,21)(H,23,24). The number of fused-ring (bicyclic) bond motifs is 1. The second kappa shape index (κ2) is 6.84. The normalized spacial score (nSPS) is 10.9. The number of pyridine rings is 2. The summed E-state index contributed by atoms with van der Waals surface area (Å²) in [5.74, 6) is -0.201. The molecule has 4 heterocycles. The number of hydrazine groups is 1. The molecule has 0 unspecified atom stereocenters. The van der Waals surface area contributed by atoms with Gasteiger partial charge in [0.1, 0.15) is 5.65 Å². The van der Waals surface area contributed by atoms with Crippen molar-refractivity contribution in [3.8, 4) is 11.1 Å². The van der Waals surface area contributed by atoms with E-state index >= 15 is 0 Å². The van der Waals surface area contributed by atoms with Crippen LogP contribution < -0.4 is 10.9 Å². The second-order valence-corrected chi connectivity index (χ2v) is 6.45. The van der Waals surface area contributed by atoms with Crippen LogP contribution in [0.4, 0.5) is 0 Å². The Hall–Kier alpha value is -3.03. The molecule has 0 aliphatic rings. The first-order valence-electron chi connectivity index (χ1n) is 7.74. The van der Waals surface area contributed by atoms with Crippen LogP contribution in [0.25, 0.3) is 22.2 Å². The number of carbonyl (C=O) groups excluding carboxylic acids is 1. The van der Waals surface area contributed by atoms with E-state index in [2.05, 4.69) is 43.3 Å². The van der Waals surface area contributed by atoms with Crippen LogP contribution in [-0.2, 0) is 6.54 Å². The third-order valence-electron chi connectivity index (χ3n) is 3.80. The first kappa shape index (κ1) is 15.5. The summed E-state index contributed by atoms with van der Waals surface area (Å²) in [6.07, 6.45) is 6.92. The Labute approximate surface area is 147 Å². The molecule has 0 aliphatic carbocycles. The van der Waals surface area contributed by atoms with Gasteiger partial charge in [0.05, 0.1) is 5.56 Å². The Morgan fingerprint density at radius 3 is 3.04 bits per heavy atom. The van der Waals surface area contributed by atoms with E-state index in [1.807, 2.05) is 12.3 Å². The van der Waals surface area contributed by atoms with Gasteiger partial charge in [-0.3, -0.25) is 15.2 Å². The largest absolute Gasteiger partial charge is 0.346 e. The van der Waals surface area contributed by atoms with E-state index < -0.39 is 0 Å². The van der Waals surface area contributed by atoms with E-state index in [9.17, 15) is 4.79 Å². The molecule has 0 aliphatic heterocycles. The summed E-state index contributed by atoms with van der Waals surface area (Å²) in [4.78, 5) is 24.5. The zero-order valence-corrected chi connectivity index (χ0v) is 14.0. The van der Waals surface area contributed by atoms with Gasteiger partial charge in [-0.25, -0.2) is 10.4 Å². The fraction of sp³-hybridized carbons (Fsp3) is 0.0556. The molecule has 0 radical (unpaired) electrons. The van der Waals surface area contributed by atoms with Crippen molar-refractivity contribution >= 4 is 28.3 Å². The monoisotopic (exact) mass is 349 g/mol. The van der Waals surface area contributed by atoms with Crippen molar-refractivity contribution in [1.29, 1.82) is 0 Å². The highest BCUT2D eigenvalue weighted by Crippen LogP contribution is 2.30. The fourth-order valence-corrected chi connectivity index (χ4v) is 3.41. The molecule has 4 aromatic heterocycles. The number of hydrogen-bond acceptors (Lipinski definition) is 5. The van der Waals surface area contributed by atoms with E-state index in [4.69, 9.17) is 0 Å². The second-order valence-electron chi connectivity index (χ2n) is 5.45. The summed E-state index contributed by atoms with van der Waals surface area (Å²) >= 11 is 1.64. The number of thiophene rings is 1. The number of rotatable bonds is 5. The van der Waals surface area contributed by atoms with Crippen LogP contribution in [0.5, 0.6) is 0 Å². The van der Waals surface area contributed by atoms with Gasteiger partial charge >= 0.3 is 0 Å². The number of aromatic nitrogens is 3. The van der Waals surface area contributed by atoms with Crippen LogP contribution in [0.1, 0.15) is 15.2 Å². The van der Waals surface area contributed by atoms with Crippen LogP contribution in [0.3, 0.4) is 0 Å². The minimum Gasteiger partial charge on any atom is -0.346 e. The number of amides is 1. The zero-order chi connectivity index (χ0) is 17.1. The Morgan fingerprint density at radius 2 is 2.16 bits per heavy atom. The third-order valence-corrected chi connectivity index (χ3v) is 4.74. The predicted molar refractivity (Wildman–Crippen MR) is 97.9 cm³/mol. The molecule has 0 bridgehead atoms. The molecule has 0 spiro atoms. The Bertz CT molecular complexity index is 1010. The van der Waals surface area contributed by atoms with Crippen LogP contribution in [0, 0.1) is 0 Å². The fourth-order valence-electron chi connectivity index (χ4n) is 2.59. The number of hydrogen-bond donors (Lipinski definition) is 3. The summed E-state index contributed by atoms with van der Waals surface area (Å²) in [5, 5.41) is 3.21.